The number of nitrogens with one attached hydrogen (secondary N) is 2. The molecule has 4 amide bonds. The van der Waals surface area contributed by atoms with Gasteiger partial charge in [0.2, 0.25) is 5.91 Å². The Morgan fingerprint density at radius 2 is 1.93 bits per heavy atom. The van der Waals surface area contributed by atoms with Crippen molar-refractivity contribution in [3.8, 4) is 5.75 Å². The molecule has 7 heteroatoms. The number of hydrogen-bond donors (Lipinski definition) is 2. The average Bonchev–Trinajstić information content (AvgIpc) is 3.26. The molecule has 28 heavy (non-hydrogen) atoms. The minimum atomic E-state index is -0.680. The molecule has 0 unspecified atom stereocenters. The largest absolute Gasteiger partial charge is 0.497 e. The molecule has 1 aromatic rings. The molecular weight excluding hydrogens is 358 g/mol. The number of ether oxygens (including phenoxy) is 1. The van der Waals surface area contributed by atoms with Crippen molar-refractivity contribution in [3.63, 3.8) is 0 Å². The van der Waals surface area contributed by atoms with Gasteiger partial charge in [-0.05, 0) is 43.4 Å². The van der Waals surface area contributed by atoms with Gasteiger partial charge in [0.1, 0.15) is 11.3 Å². The summed E-state index contributed by atoms with van der Waals surface area (Å²) in [5.41, 5.74) is 0.343. The first-order chi connectivity index (χ1) is 13.5. The van der Waals surface area contributed by atoms with Crippen LogP contribution in [0.2, 0.25) is 0 Å². The highest BCUT2D eigenvalue weighted by Gasteiger charge is 2.52. The Morgan fingerprint density at radius 1 is 1.25 bits per heavy atom. The molecular formula is C21H29N3O4. The van der Waals surface area contributed by atoms with Crippen LogP contribution in [0.15, 0.2) is 24.3 Å². The Morgan fingerprint density at radius 3 is 2.54 bits per heavy atom. The van der Waals surface area contributed by atoms with Gasteiger partial charge >= 0.3 is 6.03 Å². The third kappa shape index (κ3) is 4.13. The quantitative estimate of drug-likeness (QED) is 0.672. The van der Waals surface area contributed by atoms with E-state index in [1.807, 2.05) is 31.2 Å². The van der Waals surface area contributed by atoms with Crippen molar-refractivity contribution in [2.45, 2.75) is 63.5 Å². The summed E-state index contributed by atoms with van der Waals surface area (Å²) in [6.07, 6.45) is 4.87. The Labute approximate surface area is 165 Å². The third-order valence-electron chi connectivity index (χ3n) is 5.75. The van der Waals surface area contributed by atoms with E-state index in [0.717, 1.165) is 30.6 Å². The molecule has 3 rings (SSSR count). The maximum absolute atomic E-state index is 12.6. The number of hydrogen-bond acceptors (Lipinski definition) is 4. The number of amides is 4. The standard InChI is InChI=1S/C21H29N3O4/c1-3-17(15-8-10-16(28-2)11-9-15)22-18(25)7-6-14-24-19(26)21(23-20(24)27)12-4-5-13-21/h8-11,17H,3-7,12-14H2,1-2H3,(H,22,25)(H,23,27)/t17-/m1/s1. The second kappa shape index (κ2) is 8.63. The third-order valence-corrected chi connectivity index (χ3v) is 5.75. The summed E-state index contributed by atoms with van der Waals surface area (Å²) in [6.45, 7) is 2.29. The Hall–Kier alpha value is -2.57. The topological polar surface area (TPSA) is 87.7 Å². The predicted molar refractivity (Wildman–Crippen MR) is 105 cm³/mol. The molecule has 1 heterocycles. The van der Waals surface area contributed by atoms with Crippen LogP contribution in [-0.2, 0) is 9.59 Å². The lowest BCUT2D eigenvalue weighted by atomic mass is 9.98. The predicted octanol–water partition coefficient (Wildman–Crippen LogP) is 2.91. The number of methoxy groups -OCH3 is 1. The Kier molecular flexibility index (Phi) is 6.21. The smallest absolute Gasteiger partial charge is 0.325 e. The first kappa shape index (κ1) is 20.2. The van der Waals surface area contributed by atoms with Gasteiger partial charge in [-0.2, -0.15) is 0 Å². The summed E-state index contributed by atoms with van der Waals surface area (Å²) in [5, 5.41) is 5.90. The molecule has 1 atom stereocenters. The summed E-state index contributed by atoms with van der Waals surface area (Å²) < 4.78 is 5.17. The number of urea groups is 1. The second-order valence-corrected chi connectivity index (χ2v) is 7.58. The monoisotopic (exact) mass is 387 g/mol. The zero-order valence-corrected chi connectivity index (χ0v) is 16.6. The van der Waals surface area contributed by atoms with E-state index in [1.165, 1.54) is 4.90 Å². The molecule has 7 nitrogen and oxygen atoms in total. The van der Waals surface area contributed by atoms with E-state index in [1.54, 1.807) is 7.11 Å². The van der Waals surface area contributed by atoms with Crippen LogP contribution in [0.4, 0.5) is 4.79 Å². The molecule has 0 aromatic heterocycles. The minimum Gasteiger partial charge on any atom is -0.497 e. The zero-order chi connectivity index (χ0) is 20.1. The number of carbonyl (C=O) groups excluding carboxylic acids is 3. The fourth-order valence-corrected chi connectivity index (χ4v) is 4.12. The summed E-state index contributed by atoms with van der Waals surface area (Å²) >= 11 is 0. The lowest BCUT2D eigenvalue weighted by Gasteiger charge is -2.20. The first-order valence-corrected chi connectivity index (χ1v) is 10.1. The number of rotatable bonds is 8. The Bertz CT molecular complexity index is 726. The molecule has 1 spiro atoms. The number of nitrogens with zero attached hydrogens (tertiary/aromatic N) is 1. The average molecular weight is 387 g/mol. The number of benzene rings is 1. The van der Waals surface area contributed by atoms with Gasteiger partial charge < -0.3 is 15.4 Å². The molecule has 152 valence electrons. The molecule has 0 radical (unpaired) electrons. The van der Waals surface area contributed by atoms with E-state index in [0.29, 0.717) is 19.3 Å². The highest BCUT2D eigenvalue weighted by molar-refractivity contribution is 6.07. The van der Waals surface area contributed by atoms with Crippen molar-refractivity contribution < 1.29 is 19.1 Å². The van der Waals surface area contributed by atoms with Crippen LogP contribution in [0.3, 0.4) is 0 Å². The molecule has 2 fully saturated rings. The van der Waals surface area contributed by atoms with Crippen molar-refractivity contribution in [1.82, 2.24) is 15.5 Å². The SMILES string of the molecule is CC[C@@H](NC(=O)CCCN1C(=O)NC2(CCCC2)C1=O)c1ccc(OC)cc1. The van der Waals surface area contributed by atoms with Crippen LogP contribution < -0.4 is 15.4 Å². The van der Waals surface area contributed by atoms with Gasteiger partial charge in [0, 0.05) is 13.0 Å². The van der Waals surface area contributed by atoms with Gasteiger partial charge in [0.25, 0.3) is 5.91 Å². The van der Waals surface area contributed by atoms with Crippen LogP contribution in [0.5, 0.6) is 5.75 Å². The summed E-state index contributed by atoms with van der Waals surface area (Å²) in [5.74, 6) is 0.573. The van der Waals surface area contributed by atoms with E-state index in [9.17, 15) is 14.4 Å². The second-order valence-electron chi connectivity index (χ2n) is 7.58. The molecule has 1 aliphatic carbocycles. The number of imide groups is 1. The highest BCUT2D eigenvalue weighted by Crippen LogP contribution is 2.35. The van der Waals surface area contributed by atoms with Crippen molar-refractivity contribution in [1.29, 1.82) is 0 Å². The maximum atomic E-state index is 12.6. The van der Waals surface area contributed by atoms with Crippen LogP contribution in [0, 0.1) is 0 Å². The molecule has 1 saturated heterocycles. The minimum absolute atomic E-state index is 0.0723. The maximum Gasteiger partial charge on any atom is 0.325 e. The molecule has 1 saturated carbocycles. The lowest BCUT2D eigenvalue weighted by molar-refractivity contribution is -0.131. The van der Waals surface area contributed by atoms with Crippen molar-refractivity contribution in [2.75, 3.05) is 13.7 Å². The van der Waals surface area contributed by atoms with E-state index < -0.39 is 5.54 Å². The van der Waals surface area contributed by atoms with Crippen molar-refractivity contribution in [2.24, 2.45) is 0 Å². The number of carbonyl (C=O) groups is 3. The van der Waals surface area contributed by atoms with Gasteiger partial charge in [0.05, 0.1) is 13.2 Å². The van der Waals surface area contributed by atoms with Crippen LogP contribution >= 0.6 is 0 Å². The normalized spacial score (nSPS) is 19.0. The zero-order valence-electron chi connectivity index (χ0n) is 16.6. The van der Waals surface area contributed by atoms with Crippen molar-refractivity contribution >= 4 is 17.8 Å². The molecule has 2 N–H and O–H groups in total. The molecule has 1 aromatic carbocycles. The van der Waals surface area contributed by atoms with Crippen LogP contribution in [0.1, 0.15) is 63.5 Å². The van der Waals surface area contributed by atoms with Gasteiger partial charge in [0.15, 0.2) is 0 Å². The molecule has 1 aliphatic heterocycles. The first-order valence-electron chi connectivity index (χ1n) is 10.1. The fourth-order valence-electron chi connectivity index (χ4n) is 4.12. The lowest BCUT2D eigenvalue weighted by Crippen LogP contribution is -2.44. The van der Waals surface area contributed by atoms with E-state index in [-0.39, 0.29) is 36.9 Å². The van der Waals surface area contributed by atoms with E-state index >= 15 is 0 Å². The van der Waals surface area contributed by atoms with E-state index in [2.05, 4.69) is 10.6 Å². The van der Waals surface area contributed by atoms with Gasteiger partial charge in [-0.25, -0.2) is 4.79 Å². The van der Waals surface area contributed by atoms with Gasteiger partial charge in [-0.1, -0.05) is 31.9 Å². The Balaban J connectivity index is 1.48. The fraction of sp³-hybridized carbons (Fsp3) is 0.571. The summed E-state index contributed by atoms with van der Waals surface area (Å²) in [7, 11) is 1.62. The highest BCUT2D eigenvalue weighted by atomic mass is 16.5. The van der Waals surface area contributed by atoms with Crippen molar-refractivity contribution in [3.05, 3.63) is 29.8 Å². The van der Waals surface area contributed by atoms with Crippen LogP contribution in [-0.4, -0.2) is 41.9 Å². The van der Waals surface area contributed by atoms with E-state index in [4.69, 9.17) is 4.74 Å². The van der Waals surface area contributed by atoms with Gasteiger partial charge in [-0.15, -0.1) is 0 Å². The molecule has 0 bridgehead atoms. The summed E-state index contributed by atoms with van der Waals surface area (Å²) in [6, 6.07) is 7.25. The molecule has 2 aliphatic rings. The van der Waals surface area contributed by atoms with Gasteiger partial charge in [-0.3, -0.25) is 14.5 Å². The van der Waals surface area contributed by atoms with Crippen LogP contribution in [0.25, 0.3) is 0 Å². The summed E-state index contributed by atoms with van der Waals surface area (Å²) in [4.78, 5) is 38.4.